The van der Waals surface area contributed by atoms with Gasteiger partial charge in [-0.15, -0.1) is 0 Å². The summed E-state index contributed by atoms with van der Waals surface area (Å²) in [6.45, 7) is 1.73. The average molecular weight is 486 g/mol. The fourth-order valence-electron chi connectivity index (χ4n) is 3.26. The van der Waals surface area contributed by atoms with E-state index in [2.05, 4.69) is 9.97 Å². The minimum Gasteiger partial charge on any atom is -0.508 e. The van der Waals surface area contributed by atoms with Crippen molar-refractivity contribution in [3.05, 3.63) is 65.2 Å². The molecule has 9 nitrogen and oxygen atoms in total. The average Bonchev–Trinajstić information content (AvgIpc) is 2.80. The van der Waals surface area contributed by atoms with Crippen LogP contribution < -0.4 is 21.1 Å². The Morgan fingerprint density at radius 2 is 1.91 bits per heavy atom. The fraction of sp³-hybridized carbons (Fsp3) is 0.217. The molecule has 0 aliphatic carbocycles. The van der Waals surface area contributed by atoms with Crippen molar-refractivity contribution in [2.75, 3.05) is 17.2 Å². The van der Waals surface area contributed by atoms with E-state index >= 15 is 0 Å². The lowest BCUT2D eigenvalue weighted by molar-refractivity contribution is -0.137. The van der Waals surface area contributed by atoms with Gasteiger partial charge in [-0.1, -0.05) is 18.2 Å². The second kappa shape index (κ2) is 10.3. The summed E-state index contributed by atoms with van der Waals surface area (Å²) in [5.41, 5.74) is 10.9. The lowest BCUT2D eigenvalue weighted by atomic mass is 10.0. The summed E-state index contributed by atoms with van der Waals surface area (Å²) in [5.74, 6) is -1.80. The molecule has 3 aromatic rings. The molecule has 0 spiro atoms. The summed E-state index contributed by atoms with van der Waals surface area (Å²) in [5, 5.41) is 19.2. The second-order valence-electron chi connectivity index (χ2n) is 7.33. The zero-order chi connectivity index (χ0) is 25.8. The van der Waals surface area contributed by atoms with Gasteiger partial charge in [-0.3, -0.25) is 9.69 Å². The molecule has 35 heavy (non-hydrogen) atoms. The number of halogens is 3. The largest absolute Gasteiger partial charge is 0.508 e. The second-order valence-corrected chi connectivity index (χ2v) is 7.33. The molecule has 1 heterocycles. The predicted molar refractivity (Wildman–Crippen MR) is 121 cm³/mol. The summed E-state index contributed by atoms with van der Waals surface area (Å²) >= 11 is 0. The third kappa shape index (κ3) is 5.77. The number of carbonyl (C=O) groups excluding carboxylic acids is 1. The van der Waals surface area contributed by atoms with E-state index < -0.39 is 23.7 Å². The number of phenolic OH excluding ortho intramolecular Hbond substituents is 1. The Labute approximate surface area is 198 Å². The number of anilines is 3. The summed E-state index contributed by atoms with van der Waals surface area (Å²) in [6.07, 6.45) is -4.71. The third-order valence-electron chi connectivity index (χ3n) is 4.84. The number of rotatable bonds is 7. The van der Waals surface area contributed by atoms with Crippen LogP contribution in [0.5, 0.6) is 11.6 Å². The Balaban J connectivity index is 2.16. The summed E-state index contributed by atoms with van der Waals surface area (Å²) in [4.78, 5) is 22.2. The first-order chi connectivity index (χ1) is 16.5. The normalized spacial score (nSPS) is 12.0. The highest BCUT2D eigenvalue weighted by atomic mass is 19.4. The van der Waals surface area contributed by atoms with Crippen molar-refractivity contribution < 1.29 is 27.8 Å². The number of ether oxygens (including phenoxy) is 1. The van der Waals surface area contributed by atoms with Crippen molar-refractivity contribution in [3.63, 3.8) is 0 Å². The maximum atomic E-state index is 13.5. The summed E-state index contributed by atoms with van der Waals surface area (Å²) in [6, 6.07) is 10.4. The van der Waals surface area contributed by atoms with Gasteiger partial charge in [-0.25, -0.2) is 0 Å². The van der Waals surface area contributed by atoms with Gasteiger partial charge in [0.1, 0.15) is 11.8 Å². The minimum absolute atomic E-state index is 0.0119. The van der Waals surface area contributed by atoms with Crippen molar-refractivity contribution in [1.82, 2.24) is 9.97 Å². The molecule has 5 N–H and O–H groups in total. The molecule has 0 unspecified atom stereocenters. The van der Waals surface area contributed by atoms with Crippen molar-refractivity contribution in [2.45, 2.75) is 25.6 Å². The van der Waals surface area contributed by atoms with Crippen LogP contribution in [-0.4, -0.2) is 33.6 Å². The van der Waals surface area contributed by atoms with Crippen molar-refractivity contribution in [3.8, 4) is 17.7 Å². The fourth-order valence-corrected chi connectivity index (χ4v) is 3.26. The number of alkyl halides is 3. The van der Waals surface area contributed by atoms with E-state index in [0.717, 1.165) is 23.1 Å². The quantitative estimate of drug-likeness (QED) is 0.460. The van der Waals surface area contributed by atoms with E-state index in [1.54, 1.807) is 19.1 Å². The molecular formula is C23H21F3N6O3. The molecule has 2 aromatic carbocycles. The highest BCUT2D eigenvalue weighted by molar-refractivity contribution is 6.04. The number of carbonyl (C=O) groups is 1. The molecule has 12 heteroatoms. The first-order valence-electron chi connectivity index (χ1n) is 10.3. The lowest BCUT2D eigenvalue weighted by Crippen LogP contribution is -2.43. The highest BCUT2D eigenvalue weighted by Gasteiger charge is 2.34. The minimum atomic E-state index is -4.70. The van der Waals surface area contributed by atoms with Crippen LogP contribution in [-0.2, 0) is 17.4 Å². The SMILES string of the molecule is CCOc1nc(N)nc(N(C(=O)[C@@H](N)Cc2ccc(O)cc2)c2cccc(C(F)(F)F)c2)c1C#N. The van der Waals surface area contributed by atoms with Crippen LogP contribution >= 0.6 is 0 Å². The number of phenols is 1. The van der Waals surface area contributed by atoms with E-state index in [-0.39, 0.29) is 47.7 Å². The van der Waals surface area contributed by atoms with Gasteiger partial charge in [0.2, 0.25) is 17.7 Å². The van der Waals surface area contributed by atoms with Gasteiger partial charge in [-0.05, 0) is 49.2 Å². The number of aromatic hydroxyl groups is 1. The molecule has 3 rings (SSSR count). The lowest BCUT2D eigenvalue weighted by Gasteiger charge is -2.27. The number of amides is 1. The van der Waals surface area contributed by atoms with Crippen LogP contribution in [0.2, 0.25) is 0 Å². The third-order valence-corrected chi connectivity index (χ3v) is 4.84. The summed E-state index contributed by atoms with van der Waals surface area (Å²) < 4.78 is 45.6. The standard InChI is InChI=1S/C23H21F3N6O3/c1-2-35-20-17(12-27)19(30-22(29)31-20)32(15-5-3-4-14(11-15)23(24,25)26)21(34)18(28)10-13-6-8-16(33)9-7-13/h3-9,11,18,33H,2,10,28H2,1H3,(H2,29,30,31)/t18-/m0/s1. The van der Waals surface area contributed by atoms with Gasteiger partial charge >= 0.3 is 6.18 Å². The van der Waals surface area contributed by atoms with Crippen LogP contribution in [0.3, 0.4) is 0 Å². The Morgan fingerprint density at radius 3 is 2.51 bits per heavy atom. The molecule has 0 saturated heterocycles. The Morgan fingerprint density at radius 1 is 1.23 bits per heavy atom. The van der Waals surface area contributed by atoms with Crippen molar-refractivity contribution in [1.29, 1.82) is 5.26 Å². The van der Waals surface area contributed by atoms with E-state index in [1.165, 1.54) is 18.2 Å². The zero-order valence-electron chi connectivity index (χ0n) is 18.5. The van der Waals surface area contributed by atoms with Crippen LogP contribution in [0.25, 0.3) is 0 Å². The number of nitrogen functional groups attached to an aromatic ring is 1. The van der Waals surface area contributed by atoms with Gasteiger partial charge in [-0.2, -0.15) is 28.4 Å². The molecule has 0 aliphatic heterocycles. The zero-order valence-corrected chi connectivity index (χ0v) is 18.5. The van der Waals surface area contributed by atoms with Gasteiger partial charge in [0.25, 0.3) is 0 Å². The summed E-state index contributed by atoms with van der Waals surface area (Å²) in [7, 11) is 0. The van der Waals surface area contributed by atoms with Gasteiger partial charge < -0.3 is 21.3 Å². The number of nitrogens with two attached hydrogens (primary N) is 2. The van der Waals surface area contributed by atoms with E-state index in [1.807, 2.05) is 6.07 Å². The molecule has 0 saturated carbocycles. The van der Waals surface area contributed by atoms with Crippen molar-refractivity contribution in [2.24, 2.45) is 5.73 Å². The maximum absolute atomic E-state index is 13.5. The molecular weight excluding hydrogens is 465 g/mol. The van der Waals surface area contributed by atoms with Crippen molar-refractivity contribution >= 4 is 23.4 Å². The van der Waals surface area contributed by atoms with E-state index in [0.29, 0.717) is 5.56 Å². The Hall–Kier alpha value is -4.37. The van der Waals surface area contributed by atoms with Gasteiger partial charge in [0.15, 0.2) is 11.4 Å². The Kier molecular flexibility index (Phi) is 7.41. The molecule has 1 amide bonds. The number of nitriles is 1. The Bertz CT molecular complexity index is 1260. The topological polar surface area (TPSA) is 151 Å². The van der Waals surface area contributed by atoms with Crippen LogP contribution in [0.1, 0.15) is 23.6 Å². The van der Waals surface area contributed by atoms with Crippen LogP contribution in [0.4, 0.5) is 30.6 Å². The highest BCUT2D eigenvalue weighted by Crippen LogP contribution is 2.36. The first kappa shape index (κ1) is 25.3. The molecule has 1 atom stereocenters. The molecule has 182 valence electrons. The maximum Gasteiger partial charge on any atom is 0.416 e. The monoisotopic (exact) mass is 486 g/mol. The smallest absolute Gasteiger partial charge is 0.416 e. The van der Waals surface area contributed by atoms with Gasteiger partial charge in [0, 0.05) is 0 Å². The first-order valence-corrected chi connectivity index (χ1v) is 10.3. The number of benzene rings is 2. The number of hydrogen-bond donors (Lipinski definition) is 3. The molecule has 0 fully saturated rings. The van der Waals surface area contributed by atoms with E-state index in [9.17, 15) is 28.3 Å². The van der Waals surface area contributed by atoms with E-state index in [4.69, 9.17) is 16.2 Å². The van der Waals surface area contributed by atoms with Gasteiger partial charge in [0.05, 0.1) is 23.9 Å². The van der Waals surface area contributed by atoms with Crippen LogP contribution in [0.15, 0.2) is 48.5 Å². The number of hydrogen-bond acceptors (Lipinski definition) is 8. The van der Waals surface area contributed by atoms with Crippen LogP contribution in [0, 0.1) is 11.3 Å². The number of aromatic nitrogens is 2. The number of nitrogens with zero attached hydrogens (tertiary/aromatic N) is 4. The molecule has 0 bridgehead atoms. The molecule has 0 aliphatic rings. The molecule has 1 aromatic heterocycles. The predicted octanol–water partition coefficient (Wildman–Crippen LogP) is 3.29. The molecule has 0 radical (unpaired) electrons.